The van der Waals surface area contributed by atoms with Crippen LogP contribution in [0, 0.1) is 5.41 Å². The Balaban J connectivity index is 1.94. The summed E-state index contributed by atoms with van der Waals surface area (Å²) in [7, 11) is 2.79. The van der Waals surface area contributed by atoms with Gasteiger partial charge in [-0.3, -0.25) is 0 Å². The Labute approximate surface area is 129 Å². The van der Waals surface area contributed by atoms with Crippen LogP contribution in [0.4, 0.5) is 0 Å². The highest BCUT2D eigenvalue weighted by Crippen LogP contribution is 2.54. The van der Waals surface area contributed by atoms with Crippen molar-refractivity contribution < 1.29 is 0 Å². The zero-order valence-corrected chi connectivity index (χ0v) is 14.6. The van der Waals surface area contributed by atoms with Crippen molar-refractivity contribution in [3.8, 4) is 0 Å². The maximum Gasteiger partial charge on any atom is 0.0171 e. The first-order valence-electron chi connectivity index (χ1n) is 7.38. The SMILES string of the molecule is CC1=PC2=CC=CC2=C1C(C)(C)C1=C2C=CC=C2P=C1C. The fourth-order valence-electron chi connectivity index (χ4n) is 4.00. The van der Waals surface area contributed by atoms with Crippen molar-refractivity contribution in [3.05, 3.63) is 69.4 Å². The molecule has 0 spiro atoms. The summed E-state index contributed by atoms with van der Waals surface area (Å²) >= 11 is 0. The van der Waals surface area contributed by atoms with Crippen LogP contribution in [0.15, 0.2) is 69.4 Å². The lowest BCUT2D eigenvalue weighted by Crippen LogP contribution is -2.25. The van der Waals surface area contributed by atoms with E-state index in [9.17, 15) is 0 Å². The number of fused-ring (bicyclic) bond motifs is 2. The van der Waals surface area contributed by atoms with Crippen molar-refractivity contribution in [1.29, 1.82) is 0 Å². The van der Waals surface area contributed by atoms with Crippen molar-refractivity contribution in [1.82, 2.24) is 0 Å². The fraction of sp³-hybridized carbons (Fsp3) is 0.263. The number of hydrogen-bond donors (Lipinski definition) is 0. The second-order valence-corrected chi connectivity index (χ2v) is 9.17. The standard InChI is InChI=1S/C19H18P2/c1-11-17(13-7-5-9-15(13)20-11)19(3,4)18-12(2)21-16-10-6-8-14(16)18/h5-10H,1-4H3. The molecule has 0 aromatic carbocycles. The van der Waals surface area contributed by atoms with Crippen molar-refractivity contribution in [3.63, 3.8) is 0 Å². The molecule has 4 aliphatic rings. The molecule has 2 aliphatic carbocycles. The first-order chi connectivity index (χ1) is 10.00. The van der Waals surface area contributed by atoms with E-state index in [4.69, 9.17) is 0 Å². The minimum Gasteiger partial charge on any atom is -0.0642 e. The first kappa shape index (κ1) is 13.4. The second kappa shape index (κ2) is 4.39. The zero-order valence-electron chi connectivity index (χ0n) is 12.9. The van der Waals surface area contributed by atoms with Gasteiger partial charge in [0.2, 0.25) is 0 Å². The quantitative estimate of drug-likeness (QED) is 0.564. The summed E-state index contributed by atoms with van der Waals surface area (Å²) in [6, 6.07) is 0. The highest BCUT2D eigenvalue weighted by molar-refractivity contribution is 7.47. The van der Waals surface area contributed by atoms with E-state index in [-0.39, 0.29) is 5.41 Å². The Bertz CT molecular complexity index is 748. The van der Waals surface area contributed by atoms with Crippen LogP contribution in [0.5, 0.6) is 0 Å². The number of hydrogen-bond acceptors (Lipinski definition) is 0. The zero-order chi connectivity index (χ0) is 14.8. The van der Waals surface area contributed by atoms with Gasteiger partial charge >= 0.3 is 0 Å². The molecule has 2 aliphatic heterocycles. The van der Waals surface area contributed by atoms with Gasteiger partial charge in [-0.15, -0.1) is 0 Å². The number of rotatable bonds is 2. The summed E-state index contributed by atoms with van der Waals surface area (Å²) in [6.45, 7) is 9.40. The van der Waals surface area contributed by atoms with Crippen molar-refractivity contribution in [2.24, 2.45) is 5.41 Å². The van der Waals surface area contributed by atoms with Gasteiger partial charge in [-0.25, -0.2) is 0 Å². The van der Waals surface area contributed by atoms with Crippen LogP contribution in [-0.2, 0) is 0 Å². The van der Waals surface area contributed by atoms with Crippen LogP contribution >= 0.6 is 16.4 Å². The van der Waals surface area contributed by atoms with E-state index in [0.29, 0.717) is 0 Å². The van der Waals surface area contributed by atoms with Gasteiger partial charge in [-0.2, -0.15) is 0 Å². The fourth-order valence-corrected chi connectivity index (χ4v) is 6.69. The van der Waals surface area contributed by atoms with Crippen LogP contribution in [0.25, 0.3) is 0 Å². The minimum atomic E-state index is 0.0768. The van der Waals surface area contributed by atoms with Crippen LogP contribution in [-0.4, -0.2) is 10.6 Å². The molecule has 21 heavy (non-hydrogen) atoms. The lowest BCUT2D eigenvalue weighted by atomic mass is 9.71. The van der Waals surface area contributed by atoms with E-state index in [1.807, 2.05) is 0 Å². The molecule has 0 aromatic rings. The normalized spacial score (nSPS) is 24.2. The third-order valence-electron chi connectivity index (χ3n) is 4.67. The molecule has 0 unspecified atom stereocenters. The van der Waals surface area contributed by atoms with E-state index < -0.39 is 0 Å². The predicted molar refractivity (Wildman–Crippen MR) is 97.5 cm³/mol. The molecule has 2 heteroatoms. The molecule has 0 nitrogen and oxygen atoms in total. The summed E-state index contributed by atoms with van der Waals surface area (Å²) in [4.78, 5) is 0. The Morgan fingerprint density at radius 3 is 1.62 bits per heavy atom. The third-order valence-corrected chi connectivity index (χ3v) is 7.05. The van der Waals surface area contributed by atoms with Crippen LogP contribution in [0.2, 0.25) is 0 Å². The molecule has 104 valence electrons. The number of allylic oxidation sites excluding steroid dienone is 12. The molecular weight excluding hydrogens is 290 g/mol. The Kier molecular flexibility index (Phi) is 2.81. The second-order valence-electron chi connectivity index (χ2n) is 6.42. The van der Waals surface area contributed by atoms with E-state index in [0.717, 1.165) is 0 Å². The van der Waals surface area contributed by atoms with Crippen LogP contribution in [0.3, 0.4) is 0 Å². The summed E-state index contributed by atoms with van der Waals surface area (Å²) in [6.07, 6.45) is 13.5. The van der Waals surface area contributed by atoms with E-state index in [1.165, 1.54) is 48.8 Å². The average Bonchev–Trinajstić information content (AvgIpc) is 3.07. The molecule has 0 atom stereocenters. The summed E-state index contributed by atoms with van der Waals surface area (Å²) in [5.74, 6) is 0. The van der Waals surface area contributed by atoms with E-state index in [1.54, 1.807) is 11.1 Å². The monoisotopic (exact) mass is 308 g/mol. The Hall–Kier alpha value is -1.22. The van der Waals surface area contributed by atoms with Crippen LogP contribution in [0.1, 0.15) is 27.7 Å². The largest absolute Gasteiger partial charge is 0.0642 e. The molecule has 0 aromatic heterocycles. The first-order valence-corrected chi connectivity index (χ1v) is 9.17. The molecule has 0 N–H and O–H groups in total. The molecule has 0 bridgehead atoms. The van der Waals surface area contributed by atoms with Gasteiger partial charge in [0, 0.05) is 16.0 Å². The topological polar surface area (TPSA) is 0 Å². The molecule has 0 saturated heterocycles. The molecule has 0 saturated carbocycles. The Morgan fingerprint density at radius 1 is 0.762 bits per heavy atom. The van der Waals surface area contributed by atoms with Crippen molar-refractivity contribution in [2.75, 3.05) is 0 Å². The summed E-state index contributed by atoms with van der Waals surface area (Å²) in [5.41, 5.74) is 6.10. The van der Waals surface area contributed by atoms with Crippen molar-refractivity contribution in [2.45, 2.75) is 27.7 Å². The van der Waals surface area contributed by atoms with Gasteiger partial charge in [-0.05, 0) is 58.9 Å². The van der Waals surface area contributed by atoms with Gasteiger partial charge < -0.3 is 0 Å². The maximum absolute atomic E-state index is 2.40. The molecule has 0 radical (unpaired) electrons. The van der Waals surface area contributed by atoms with Gasteiger partial charge in [0.25, 0.3) is 0 Å². The minimum absolute atomic E-state index is 0.0768. The molecule has 0 amide bonds. The smallest absolute Gasteiger partial charge is 0.0171 e. The van der Waals surface area contributed by atoms with Gasteiger partial charge in [0.1, 0.15) is 0 Å². The molecule has 0 fully saturated rings. The van der Waals surface area contributed by atoms with Crippen LogP contribution < -0.4 is 0 Å². The summed E-state index contributed by atoms with van der Waals surface area (Å²) < 4.78 is 0. The molecule has 2 heterocycles. The lowest BCUT2D eigenvalue weighted by molar-refractivity contribution is 0.580. The Morgan fingerprint density at radius 2 is 1.19 bits per heavy atom. The van der Waals surface area contributed by atoms with E-state index in [2.05, 4.69) is 64.2 Å². The van der Waals surface area contributed by atoms with Crippen molar-refractivity contribution >= 4 is 27.0 Å². The maximum atomic E-state index is 2.40. The summed E-state index contributed by atoms with van der Waals surface area (Å²) in [5, 5.41) is 5.99. The lowest BCUT2D eigenvalue weighted by Gasteiger charge is -2.32. The highest BCUT2D eigenvalue weighted by Gasteiger charge is 2.39. The van der Waals surface area contributed by atoms with Gasteiger partial charge in [0.05, 0.1) is 0 Å². The predicted octanol–water partition coefficient (Wildman–Crippen LogP) is 5.82. The third kappa shape index (κ3) is 1.76. The molecule has 4 rings (SSSR count). The van der Waals surface area contributed by atoms with E-state index >= 15 is 0 Å². The highest BCUT2D eigenvalue weighted by atomic mass is 31.1. The molecular formula is C19H18P2. The van der Waals surface area contributed by atoms with Gasteiger partial charge in [-0.1, -0.05) is 54.6 Å². The average molecular weight is 308 g/mol. The van der Waals surface area contributed by atoms with Gasteiger partial charge in [0.15, 0.2) is 0 Å².